The van der Waals surface area contributed by atoms with Gasteiger partial charge in [0.25, 0.3) is 0 Å². The summed E-state index contributed by atoms with van der Waals surface area (Å²) < 4.78 is 5.92. The molecule has 0 spiro atoms. The predicted molar refractivity (Wildman–Crippen MR) is 102 cm³/mol. The summed E-state index contributed by atoms with van der Waals surface area (Å²) in [5, 5.41) is 0. The summed E-state index contributed by atoms with van der Waals surface area (Å²) in [6, 6.07) is 12.2. The number of aromatic nitrogens is 1. The van der Waals surface area contributed by atoms with E-state index in [2.05, 4.69) is 16.9 Å². The van der Waals surface area contributed by atoms with Crippen LogP contribution < -0.4 is 4.74 Å². The zero-order valence-corrected chi connectivity index (χ0v) is 15.4. The zero-order valence-electron chi connectivity index (χ0n) is 15.4. The van der Waals surface area contributed by atoms with Gasteiger partial charge in [-0.3, -0.25) is 9.78 Å². The van der Waals surface area contributed by atoms with Crippen molar-refractivity contribution in [2.24, 2.45) is 5.92 Å². The molecule has 4 rings (SSSR count). The summed E-state index contributed by atoms with van der Waals surface area (Å²) >= 11 is 0. The molecule has 1 aliphatic carbocycles. The van der Waals surface area contributed by atoms with Crippen LogP contribution in [0, 0.1) is 5.92 Å². The van der Waals surface area contributed by atoms with Crippen molar-refractivity contribution in [1.82, 2.24) is 9.88 Å². The third kappa shape index (κ3) is 3.51. The summed E-state index contributed by atoms with van der Waals surface area (Å²) in [6.45, 7) is 1.25. The Bertz CT molecular complexity index is 769. The second-order valence-corrected chi connectivity index (χ2v) is 7.53. The number of fused-ring (bicyclic) bond motifs is 1. The van der Waals surface area contributed by atoms with E-state index in [1.807, 2.05) is 36.4 Å². The van der Waals surface area contributed by atoms with Crippen LogP contribution in [0.25, 0.3) is 11.3 Å². The second kappa shape index (κ2) is 7.58. The molecule has 1 unspecified atom stereocenters. The fourth-order valence-corrected chi connectivity index (χ4v) is 4.18. The Labute approximate surface area is 155 Å². The van der Waals surface area contributed by atoms with Crippen LogP contribution in [-0.2, 0) is 0 Å². The molecule has 4 nitrogen and oxygen atoms in total. The minimum absolute atomic E-state index is 0.0894. The van der Waals surface area contributed by atoms with Crippen LogP contribution in [0.4, 0.5) is 0 Å². The van der Waals surface area contributed by atoms with Gasteiger partial charge in [0, 0.05) is 24.3 Å². The lowest BCUT2D eigenvalue weighted by molar-refractivity contribution is 0.0735. The minimum Gasteiger partial charge on any atom is -0.492 e. The maximum Gasteiger partial charge on any atom is 0.174 e. The number of nitrogens with zero attached hydrogens (tertiary/aromatic N) is 2. The van der Waals surface area contributed by atoms with E-state index in [9.17, 15) is 4.79 Å². The van der Waals surface area contributed by atoms with Gasteiger partial charge in [-0.1, -0.05) is 25.3 Å². The van der Waals surface area contributed by atoms with Gasteiger partial charge in [0.15, 0.2) is 5.78 Å². The van der Waals surface area contributed by atoms with Gasteiger partial charge in [-0.05, 0) is 50.2 Å². The summed E-state index contributed by atoms with van der Waals surface area (Å²) in [4.78, 5) is 19.9. The summed E-state index contributed by atoms with van der Waals surface area (Å²) in [5.41, 5.74) is 2.54. The van der Waals surface area contributed by atoms with E-state index in [0.29, 0.717) is 24.0 Å². The Morgan fingerprint density at radius 3 is 2.77 bits per heavy atom. The van der Waals surface area contributed by atoms with Crippen molar-refractivity contribution in [3.05, 3.63) is 48.2 Å². The molecule has 0 amide bonds. The van der Waals surface area contributed by atoms with Gasteiger partial charge in [-0.2, -0.15) is 0 Å². The standard InChI is InChI=1S/C22H26N2O2/c1-24(18-7-3-2-4-8-18)14-17-15-26-21-11-10-16(13-19(21)22(17)25)20-9-5-6-12-23-20/h5-6,9-13,17-18H,2-4,7-8,14-15H2,1H3. The average Bonchev–Trinajstić information content (AvgIpc) is 2.71. The molecule has 2 heterocycles. The molecule has 26 heavy (non-hydrogen) atoms. The Kier molecular flexibility index (Phi) is 5.02. The maximum atomic E-state index is 13.1. The SMILES string of the molecule is CN(CC1COc2ccc(-c3ccccn3)cc2C1=O)C1CCCCC1. The van der Waals surface area contributed by atoms with Crippen molar-refractivity contribution in [3.8, 4) is 17.0 Å². The zero-order chi connectivity index (χ0) is 17.9. The monoisotopic (exact) mass is 350 g/mol. The molecule has 1 fully saturated rings. The highest BCUT2D eigenvalue weighted by atomic mass is 16.5. The van der Waals surface area contributed by atoms with Crippen molar-refractivity contribution < 1.29 is 9.53 Å². The van der Waals surface area contributed by atoms with E-state index in [1.54, 1.807) is 6.20 Å². The number of carbonyl (C=O) groups is 1. The number of hydrogen-bond acceptors (Lipinski definition) is 4. The largest absolute Gasteiger partial charge is 0.492 e. The Balaban J connectivity index is 1.52. The molecule has 1 aromatic heterocycles. The molecule has 0 radical (unpaired) electrons. The number of benzene rings is 1. The van der Waals surface area contributed by atoms with Crippen molar-refractivity contribution in [3.63, 3.8) is 0 Å². The molecular weight excluding hydrogens is 324 g/mol. The van der Waals surface area contributed by atoms with E-state index in [4.69, 9.17) is 4.74 Å². The minimum atomic E-state index is -0.0894. The smallest absolute Gasteiger partial charge is 0.174 e. The highest BCUT2D eigenvalue weighted by Crippen LogP contribution is 2.32. The summed E-state index contributed by atoms with van der Waals surface area (Å²) in [6.07, 6.45) is 8.23. The number of Topliss-reactive ketones (excluding diaryl/α,β-unsaturated/α-hetero) is 1. The van der Waals surface area contributed by atoms with E-state index in [1.165, 1.54) is 32.1 Å². The van der Waals surface area contributed by atoms with Gasteiger partial charge in [0.1, 0.15) is 5.75 Å². The Hall–Kier alpha value is -2.20. The van der Waals surface area contributed by atoms with Crippen LogP contribution in [0.15, 0.2) is 42.6 Å². The van der Waals surface area contributed by atoms with Crippen LogP contribution in [0.3, 0.4) is 0 Å². The van der Waals surface area contributed by atoms with Gasteiger partial charge in [0.2, 0.25) is 0 Å². The van der Waals surface area contributed by atoms with Gasteiger partial charge in [-0.15, -0.1) is 0 Å². The van der Waals surface area contributed by atoms with Crippen molar-refractivity contribution in [2.75, 3.05) is 20.2 Å². The van der Waals surface area contributed by atoms with E-state index in [0.717, 1.165) is 17.8 Å². The molecule has 0 bridgehead atoms. The molecule has 1 aromatic carbocycles. The average molecular weight is 350 g/mol. The number of ether oxygens (including phenoxy) is 1. The summed E-state index contributed by atoms with van der Waals surface area (Å²) in [7, 11) is 2.16. The van der Waals surface area contributed by atoms with E-state index in [-0.39, 0.29) is 11.7 Å². The first-order chi connectivity index (χ1) is 12.7. The molecule has 1 atom stereocenters. The van der Waals surface area contributed by atoms with Crippen LogP contribution in [0.1, 0.15) is 42.5 Å². The molecule has 1 saturated carbocycles. The van der Waals surface area contributed by atoms with Gasteiger partial charge in [0.05, 0.1) is 23.8 Å². The molecule has 0 N–H and O–H groups in total. The first-order valence-electron chi connectivity index (χ1n) is 9.65. The molecule has 2 aliphatic rings. The van der Waals surface area contributed by atoms with E-state index < -0.39 is 0 Å². The van der Waals surface area contributed by atoms with Gasteiger partial charge >= 0.3 is 0 Å². The fourth-order valence-electron chi connectivity index (χ4n) is 4.18. The molecule has 0 saturated heterocycles. The van der Waals surface area contributed by atoms with Crippen molar-refractivity contribution in [2.45, 2.75) is 38.1 Å². The number of carbonyl (C=O) groups excluding carboxylic acids is 1. The quantitative estimate of drug-likeness (QED) is 0.829. The molecular formula is C22H26N2O2. The first-order valence-corrected chi connectivity index (χ1v) is 9.65. The molecule has 4 heteroatoms. The normalized spacial score (nSPS) is 20.7. The van der Waals surface area contributed by atoms with Crippen molar-refractivity contribution >= 4 is 5.78 Å². The van der Waals surface area contributed by atoms with Crippen LogP contribution >= 0.6 is 0 Å². The third-order valence-electron chi connectivity index (χ3n) is 5.72. The Morgan fingerprint density at radius 1 is 1.15 bits per heavy atom. The van der Waals surface area contributed by atoms with Crippen LogP contribution in [0.5, 0.6) is 5.75 Å². The number of rotatable bonds is 4. The first kappa shape index (κ1) is 17.2. The third-order valence-corrected chi connectivity index (χ3v) is 5.72. The lowest BCUT2D eigenvalue weighted by Crippen LogP contribution is -2.42. The Morgan fingerprint density at radius 2 is 2.00 bits per heavy atom. The fraction of sp³-hybridized carbons (Fsp3) is 0.455. The highest BCUT2D eigenvalue weighted by molar-refractivity contribution is 6.02. The second-order valence-electron chi connectivity index (χ2n) is 7.53. The maximum absolute atomic E-state index is 13.1. The number of hydrogen-bond donors (Lipinski definition) is 0. The van der Waals surface area contributed by atoms with Crippen molar-refractivity contribution in [1.29, 1.82) is 0 Å². The van der Waals surface area contributed by atoms with Gasteiger partial charge in [-0.25, -0.2) is 0 Å². The van der Waals surface area contributed by atoms with Crippen LogP contribution in [0.2, 0.25) is 0 Å². The number of ketones is 1. The topological polar surface area (TPSA) is 42.4 Å². The van der Waals surface area contributed by atoms with Crippen LogP contribution in [-0.4, -0.2) is 41.9 Å². The predicted octanol–water partition coefficient (Wildman–Crippen LogP) is 4.20. The molecule has 1 aliphatic heterocycles. The van der Waals surface area contributed by atoms with Gasteiger partial charge < -0.3 is 9.64 Å². The molecule has 136 valence electrons. The molecule has 2 aromatic rings. The van der Waals surface area contributed by atoms with E-state index >= 15 is 0 Å². The lowest BCUT2D eigenvalue weighted by atomic mass is 9.90. The highest BCUT2D eigenvalue weighted by Gasteiger charge is 2.31. The lowest BCUT2D eigenvalue weighted by Gasteiger charge is -2.34. The summed E-state index contributed by atoms with van der Waals surface area (Å²) in [5.74, 6) is 0.811. The number of pyridine rings is 1.